The lowest BCUT2D eigenvalue weighted by molar-refractivity contribution is 0.0706. The van der Waals surface area contributed by atoms with Gasteiger partial charge in [0.05, 0.1) is 0 Å². The number of hydrogen-bond acceptors (Lipinski definition) is 4. The first kappa shape index (κ1) is 20.1. The number of carbonyl (C=O) groups is 1. The molecule has 150 valence electrons. The fourth-order valence-corrected chi connectivity index (χ4v) is 3.27. The second kappa shape index (κ2) is 9.55. The molecule has 2 aromatic carbocycles. The summed E-state index contributed by atoms with van der Waals surface area (Å²) in [6, 6.07) is 12.6. The molecule has 28 heavy (non-hydrogen) atoms. The first-order valence-corrected chi connectivity index (χ1v) is 9.68. The number of carbonyl (C=O) groups excluding carboxylic acids is 1. The smallest absolute Gasteiger partial charge is 0.410 e. The van der Waals surface area contributed by atoms with Crippen LogP contribution in [0.25, 0.3) is 0 Å². The van der Waals surface area contributed by atoms with Gasteiger partial charge in [-0.3, -0.25) is 0 Å². The lowest BCUT2D eigenvalue weighted by atomic mass is 10.1. The van der Waals surface area contributed by atoms with Crippen molar-refractivity contribution in [2.75, 3.05) is 19.6 Å². The molecule has 1 unspecified atom stereocenters. The minimum absolute atomic E-state index is 0.106. The number of hydrogen-bond donors (Lipinski definition) is 1. The van der Waals surface area contributed by atoms with Crippen molar-refractivity contribution < 1.29 is 18.7 Å². The highest BCUT2D eigenvalue weighted by atomic mass is 19.1. The monoisotopic (exact) mass is 386 g/mol. The molecule has 5 nitrogen and oxygen atoms in total. The molecule has 0 saturated carbocycles. The molecule has 1 aliphatic heterocycles. The molecule has 1 fully saturated rings. The molecule has 1 N–H and O–H groups in total. The van der Waals surface area contributed by atoms with Crippen molar-refractivity contribution >= 4 is 6.09 Å². The summed E-state index contributed by atoms with van der Waals surface area (Å²) in [6.07, 6.45) is 0.442. The van der Waals surface area contributed by atoms with E-state index in [1.807, 2.05) is 38.1 Å². The SMILES string of the molecule is CCC1CNCCN1C(=O)OCc1cc(OCc2ccccc2C)ccc1F. The van der Waals surface area contributed by atoms with Crippen LogP contribution in [0.4, 0.5) is 9.18 Å². The number of ether oxygens (including phenoxy) is 2. The molecule has 0 spiro atoms. The van der Waals surface area contributed by atoms with Gasteiger partial charge in [-0.1, -0.05) is 31.2 Å². The van der Waals surface area contributed by atoms with E-state index in [-0.39, 0.29) is 12.6 Å². The van der Waals surface area contributed by atoms with Gasteiger partial charge in [-0.15, -0.1) is 0 Å². The summed E-state index contributed by atoms with van der Waals surface area (Å²) in [7, 11) is 0. The minimum atomic E-state index is -0.414. The average Bonchev–Trinajstić information content (AvgIpc) is 2.73. The standard InChI is InChI=1S/C22H27FN2O3/c1-3-19-13-24-10-11-25(19)22(26)28-15-18-12-20(8-9-21(18)23)27-14-17-7-5-4-6-16(17)2/h4-9,12,19,24H,3,10-11,13-15H2,1-2H3. The fraction of sp³-hybridized carbons (Fsp3) is 0.409. The van der Waals surface area contributed by atoms with E-state index in [9.17, 15) is 9.18 Å². The molecular weight excluding hydrogens is 359 g/mol. The summed E-state index contributed by atoms with van der Waals surface area (Å²) in [5.74, 6) is 0.132. The zero-order chi connectivity index (χ0) is 19.9. The number of benzene rings is 2. The second-order valence-corrected chi connectivity index (χ2v) is 6.98. The zero-order valence-electron chi connectivity index (χ0n) is 16.4. The third-order valence-electron chi connectivity index (χ3n) is 5.08. The Bertz CT molecular complexity index is 812. The van der Waals surface area contributed by atoms with Gasteiger partial charge in [0, 0.05) is 31.2 Å². The van der Waals surface area contributed by atoms with Crippen LogP contribution in [-0.4, -0.2) is 36.7 Å². The third kappa shape index (κ3) is 5.01. The van der Waals surface area contributed by atoms with Crippen molar-refractivity contribution in [1.29, 1.82) is 0 Å². The van der Waals surface area contributed by atoms with Crippen LogP contribution in [0.1, 0.15) is 30.0 Å². The number of aryl methyl sites for hydroxylation is 1. The van der Waals surface area contributed by atoms with Gasteiger partial charge in [0.25, 0.3) is 0 Å². The minimum Gasteiger partial charge on any atom is -0.489 e. The van der Waals surface area contributed by atoms with Gasteiger partial charge >= 0.3 is 6.09 Å². The van der Waals surface area contributed by atoms with Crippen molar-refractivity contribution in [2.45, 2.75) is 39.5 Å². The molecule has 6 heteroatoms. The Labute approximate surface area is 165 Å². The fourth-order valence-electron chi connectivity index (χ4n) is 3.27. The molecular formula is C22H27FN2O3. The number of rotatable bonds is 6. The Morgan fingerprint density at radius 3 is 2.82 bits per heavy atom. The third-order valence-corrected chi connectivity index (χ3v) is 5.08. The molecule has 1 amide bonds. The quantitative estimate of drug-likeness (QED) is 0.814. The summed E-state index contributed by atoms with van der Waals surface area (Å²) >= 11 is 0. The Balaban J connectivity index is 1.60. The molecule has 0 radical (unpaired) electrons. The Hall–Kier alpha value is -2.60. The van der Waals surface area contributed by atoms with E-state index in [0.29, 0.717) is 24.5 Å². The highest BCUT2D eigenvalue weighted by Crippen LogP contribution is 2.20. The summed E-state index contributed by atoms with van der Waals surface area (Å²) in [5.41, 5.74) is 2.52. The van der Waals surface area contributed by atoms with Crippen molar-refractivity contribution in [3.8, 4) is 5.75 Å². The molecule has 2 aromatic rings. The van der Waals surface area contributed by atoms with Gasteiger partial charge in [-0.05, 0) is 42.7 Å². The first-order chi connectivity index (χ1) is 13.6. The molecule has 0 aromatic heterocycles. The number of halogens is 1. The highest BCUT2D eigenvalue weighted by Gasteiger charge is 2.26. The summed E-state index contributed by atoms with van der Waals surface area (Å²) in [5, 5.41) is 3.27. The van der Waals surface area contributed by atoms with Crippen LogP contribution in [0.15, 0.2) is 42.5 Å². The van der Waals surface area contributed by atoms with E-state index < -0.39 is 11.9 Å². The van der Waals surface area contributed by atoms with Gasteiger partial charge < -0.3 is 19.7 Å². The highest BCUT2D eigenvalue weighted by molar-refractivity contribution is 5.68. The van der Waals surface area contributed by atoms with E-state index in [0.717, 1.165) is 30.6 Å². The van der Waals surface area contributed by atoms with E-state index in [1.165, 1.54) is 6.07 Å². The largest absolute Gasteiger partial charge is 0.489 e. The van der Waals surface area contributed by atoms with Gasteiger partial charge in [0.1, 0.15) is 24.8 Å². The lowest BCUT2D eigenvalue weighted by Crippen LogP contribution is -2.53. The second-order valence-electron chi connectivity index (χ2n) is 6.98. The number of piperazine rings is 1. The van der Waals surface area contributed by atoms with Crippen molar-refractivity contribution in [3.63, 3.8) is 0 Å². The molecule has 0 aliphatic carbocycles. The zero-order valence-corrected chi connectivity index (χ0v) is 16.4. The van der Waals surface area contributed by atoms with Gasteiger partial charge in [-0.2, -0.15) is 0 Å². The van der Waals surface area contributed by atoms with E-state index in [1.54, 1.807) is 17.0 Å². The predicted octanol–water partition coefficient (Wildman–Crippen LogP) is 4.03. The van der Waals surface area contributed by atoms with Gasteiger partial charge in [0.15, 0.2) is 0 Å². The first-order valence-electron chi connectivity index (χ1n) is 9.68. The van der Waals surface area contributed by atoms with Crippen molar-refractivity contribution in [2.24, 2.45) is 0 Å². The molecule has 1 aliphatic rings. The van der Waals surface area contributed by atoms with Crippen LogP contribution < -0.4 is 10.1 Å². The molecule has 0 bridgehead atoms. The van der Waals surface area contributed by atoms with Crippen LogP contribution in [-0.2, 0) is 18.0 Å². The summed E-state index contributed by atoms with van der Waals surface area (Å²) < 4.78 is 25.3. The number of nitrogens with one attached hydrogen (secondary N) is 1. The molecule has 1 heterocycles. The van der Waals surface area contributed by atoms with Crippen LogP contribution in [0.5, 0.6) is 5.75 Å². The summed E-state index contributed by atoms with van der Waals surface area (Å²) in [6.45, 7) is 6.42. The predicted molar refractivity (Wildman–Crippen MR) is 106 cm³/mol. The Morgan fingerprint density at radius 1 is 1.21 bits per heavy atom. The van der Waals surface area contributed by atoms with Crippen LogP contribution >= 0.6 is 0 Å². The van der Waals surface area contributed by atoms with Gasteiger partial charge in [-0.25, -0.2) is 9.18 Å². The number of amides is 1. The maximum atomic E-state index is 14.2. The normalized spacial score (nSPS) is 16.7. The molecule has 3 rings (SSSR count). The summed E-state index contributed by atoms with van der Waals surface area (Å²) in [4.78, 5) is 14.1. The topological polar surface area (TPSA) is 50.8 Å². The van der Waals surface area contributed by atoms with E-state index in [4.69, 9.17) is 9.47 Å². The van der Waals surface area contributed by atoms with Crippen molar-refractivity contribution in [1.82, 2.24) is 10.2 Å². The Kier molecular flexibility index (Phi) is 6.87. The lowest BCUT2D eigenvalue weighted by Gasteiger charge is -2.34. The van der Waals surface area contributed by atoms with E-state index >= 15 is 0 Å². The molecule has 1 saturated heterocycles. The maximum Gasteiger partial charge on any atom is 0.410 e. The van der Waals surface area contributed by atoms with E-state index in [2.05, 4.69) is 5.32 Å². The van der Waals surface area contributed by atoms with Crippen LogP contribution in [0.2, 0.25) is 0 Å². The van der Waals surface area contributed by atoms with Crippen LogP contribution in [0, 0.1) is 12.7 Å². The van der Waals surface area contributed by atoms with Gasteiger partial charge in [0.2, 0.25) is 0 Å². The molecule has 1 atom stereocenters. The Morgan fingerprint density at radius 2 is 2.04 bits per heavy atom. The van der Waals surface area contributed by atoms with Crippen molar-refractivity contribution in [3.05, 3.63) is 65.0 Å². The number of nitrogens with zero attached hydrogens (tertiary/aromatic N) is 1. The average molecular weight is 386 g/mol. The van der Waals surface area contributed by atoms with Crippen LogP contribution in [0.3, 0.4) is 0 Å². The maximum absolute atomic E-state index is 14.2.